The van der Waals surface area contributed by atoms with E-state index in [4.69, 9.17) is 0 Å². The number of unbranched alkanes of at least 4 members (excludes halogenated alkanes) is 3. The summed E-state index contributed by atoms with van der Waals surface area (Å²) in [5, 5.41) is 9.63. The van der Waals surface area contributed by atoms with Crippen LogP contribution in [0.25, 0.3) is 0 Å². The lowest BCUT2D eigenvalue weighted by Crippen LogP contribution is -2.07. The lowest BCUT2D eigenvalue weighted by molar-refractivity contribution is 0.197. The Morgan fingerprint density at radius 3 is 2.53 bits per heavy atom. The smallest absolute Gasteiger partial charge is 0.0750 e. The number of rotatable bonds is 9. The number of aliphatic hydroxyl groups excluding tert-OH is 1. The molecule has 0 heterocycles. The molecule has 1 unspecified atom stereocenters. The summed E-state index contributed by atoms with van der Waals surface area (Å²) in [7, 11) is 0. The van der Waals surface area contributed by atoms with Crippen LogP contribution < -0.4 is 0 Å². The van der Waals surface area contributed by atoms with Gasteiger partial charge in [0.2, 0.25) is 0 Å². The van der Waals surface area contributed by atoms with E-state index in [-0.39, 0.29) is 6.10 Å². The Bertz CT molecular complexity index is 182. The Balaban J connectivity index is 3.52. The molecule has 0 aliphatic carbocycles. The summed E-state index contributed by atoms with van der Waals surface area (Å²) in [6.07, 6.45) is 11.7. The zero-order valence-corrected chi connectivity index (χ0v) is 10.3. The maximum absolute atomic E-state index is 9.63. The highest BCUT2D eigenvalue weighted by molar-refractivity contribution is 5.07. The molecule has 0 aromatic rings. The van der Waals surface area contributed by atoms with E-state index < -0.39 is 0 Å². The Kier molecular flexibility index (Phi) is 9.60. The minimum atomic E-state index is -0.310. The summed E-state index contributed by atoms with van der Waals surface area (Å²) in [6, 6.07) is 0. The molecule has 0 aromatic carbocycles. The molecular formula is C14H26O. The van der Waals surface area contributed by atoms with Crippen LogP contribution in [-0.4, -0.2) is 11.2 Å². The second kappa shape index (κ2) is 9.97. The van der Waals surface area contributed by atoms with Gasteiger partial charge in [0.15, 0.2) is 0 Å². The van der Waals surface area contributed by atoms with Gasteiger partial charge < -0.3 is 5.11 Å². The molecule has 0 radical (unpaired) electrons. The van der Waals surface area contributed by atoms with Crippen LogP contribution in [0.4, 0.5) is 0 Å². The quantitative estimate of drug-likeness (QED) is 0.446. The first kappa shape index (κ1) is 14.4. The molecule has 88 valence electrons. The second-order valence-electron chi connectivity index (χ2n) is 4.13. The third-order valence-electron chi connectivity index (χ3n) is 2.55. The first-order chi connectivity index (χ1) is 7.22. The predicted molar refractivity (Wildman–Crippen MR) is 68.0 cm³/mol. The molecule has 0 rings (SSSR count). The highest BCUT2D eigenvalue weighted by Gasteiger charge is 2.04. The van der Waals surface area contributed by atoms with Crippen molar-refractivity contribution in [1.82, 2.24) is 0 Å². The Hall–Kier alpha value is -0.560. The van der Waals surface area contributed by atoms with Gasteiger partial charge >= 0.3 is 0 Å². The normalized spacial score (nSPS) is 13.3. The van der Waals surface area contributed by atoms with E-state index in [1.165, 1.54) is 19.3 Å². The average molecular weight is 210 g/mol. The first-order valence-electron chi connectivity index (χ1n) is 6.23. The largest absolute Gasteiger partial charge is 0.389 e. The van der Waals surface area contributed by atoms with Crippen LogP contribution in [0.5, 0.6) is 0 Å². The molecule has 0 amide bonds. The zero-order chi connectivity index (χ0) is 11.5. The van der Waals surface area contributed by atoms with Crippen LogP contribution in [0.3, 0.4) is 0 Å². The van der Waals surface area contributed by atoms with Crippen molar-refractivity contribution in [3.05, 3.63) is 24.3 Å². The summed E-state index contributed by atoms with van der Waals surface area (Å²) in [5.74, 6) is 0. The van der Waals surface area contributed by atoms with Gasteiger partial charge in [-0.25, -0.2) is 0 Å². The monoisotopic (exact) mass is 210 g/mol. The van der Waals surface area contributed by atoms with Crippen LogP contribution in [0.15, 0.2) is 24.3 Å². The van der Waals surface area contributed by atoms with Crippen LogP contribution in [0.2, 0.25) is 0 Å². The van der Waals surface area contributed by atoms with Gasteiger partial charge in [0.25, 0.3) is 0 Å². The minimum Gasteiger partial charge on any atom is -0.389 e. The molecule has 0 aliphatic heterocycles. The van der Waals surface area contributed by atoms with Crippen LogP contribution >= 0.6 is 0 Å². The Morgan fingerprint density at radius 1 is 1.20 bits per heavy atom. The summed E-state index contributed by atoms with van der Waals surface area (Å²) in [4.78, 5) is 0. The van der Waals surface area contributed by atoms with Gasteiger partial charge in [-0.15, -0.1) is 0 Å². The van der Waals surface area contributed by atoms with Gasteiger partial charge in [0.1, 0.15) is 0 Å². The maximum Gasteiger partial charge on any atom is 0.0750 e. The van der Waals surface area contributed by atoms with Crippen molar-refractivity contribution < 1.29 is 5.11 Å². The molecule has 0 fully saturated rings. The molecule has 0 aliphatic rings. The molecule has 1 N–H and O–H groups in total. The van der Waals surface area contributed by atoms with Crippen molar-refractivity contribution in [2.45, 2.75) is 64.9 Å². The lowest BCUT2D eigenvalue weighted by atomic mass is 10.0. The van der Waals surface area contributed by atoms with Gasteiger partial charge in [0.05, 0.1) is 6.10 Å². The topological polar surface area (TPSA) is 20.2 Å². The van der Waals surface area contributed by atoms with Gasteiger partial charge in [-0.2, -0.15) is 0 Å². The fraction of sp³-hybridized carbons (Fsp3) is 0.714. The van der Waals surface area contributed by atoms with Crippen LogP contribution in [-0.2, 0) is 0 Å². The molecule has 1 nitrogen and oxygen atoms in total. The van der Waals surface area contributed by atoms with Crippen molar-refractivity contribution >= 4 is 0 Å². The Morgan fingerprint density at radius 2 is 1.93 bits per heavy atom. The van der Waals surface area contributed by atoms with E-state index in [9.17, 15) is 5.11 Å². The molecule has 1 heteroatoms. The average Bonchev–Trinajstić information content (AvgIpc) is 2.23. The summed E-state index contributed by atoms with van der Waals surface area (Å²) in [6.45, 7) is 8.20. The van der Waals surface area contributed by atoms with Crippen LogP contribution in [0, 0.1) is 0 Å². The standard InChI is InChI=1S/C14H26O/c1-4-6-7-8-9-10-12-13(3)14(15)11-5-2/h9-10,14-15H,3-8,11-12H2,1-2H3/b10-9+. The highest BCUT2D eigenvalue weighted by Crippen LogP contribution is 2.11. The second-order valence-corrected chi connectivity index (χ2v) is 4.13. The summed E-state index contributed by atoms with van der Waals surface area (Å²) in [5.41, 5.74) is 0.948. The molecule has 0 bridgehead atoms. The van der Waals surface area contributed by atoms with Crippen molar-refractivity contribution in [3.8, 4) is 0 Å². The first-order valence-corrected chi connectivity index (χ1v) is 6.23. The minimum absolute atomic E-state index is 0.310. The summed E-state index contributed by atoms with van der Waals surface area (Å²) >= 11 is 0. The molecular weight excluding hydrogens is 184 g/mol. The molecule has 0 saturated carbocycles. The van der Waals surface area contributed by atoms with Crippen molar-refractivity contribution in [3.63, 3.8) is 0 Å². The van der Waals surface area contributed by atoms with E-state index in [2.05, 4.69) is 32.6 Å². The van der Waals surface area contributed by atoms with E-state index >= 15 is 0 Å². The molecule has 0 spiro atoms. The fourth-order valence-electron chi connectivity index (χ4n) is 1.48. The van der Waals surface area contributed by atoms with Crippen molar-refractivity contribution in [2.75, 3.05) is 0 Å². The summed E-state index contributed by atoms with van der Waals surface area (Å²) < 4.78 is 0. The zero-order valence-electron chi connectivity index (χ0n) is 10.3. The highest BCUT2D eigenvalue weighted by atomic mass is 16.3. The predicted octanol–water partition coefficient (Wildman–Crippen LogP) is 4.23. The molecule has 0 aromatic heterocycles. The number of allylic oxidation sites excluding steroid dienone is 2. The van der Waals surface area contributed by atoms with Crippen LogP contribution in [0.1, 0.15) is 58.8 Å². The maximum atomic E-state index is 9.63. The number of hydrogen-bond acceptors (Lipinski definition) is 1. The van der Waals surface area contributed by atoms with E-state index in [1.807, 2.05) is 0 Å². The molecule has 1 atom stereocenters. The van der Waals surface area contributed by atoms with E-state index in [0.29, 0.717) is 0 Å². The van der Waals surface area contributed by atoms with E-state index in [0.717, 1.165) is 31.3 Å². The molecule has 15 heavy (non-hydrogen) atoms. The van der Waals surface area contributed by atoms with Gasteiger partial charge in [-0.05, 0) is 31.3 Å². The van der Waals surface area contributed by atoms with Crippen molar-refractivity contribution in [1.29, 1.82) is 0 Å². The van der Waals surface area contributed by atoms with Crippen molar-refractivity contribution in [2.24, 2.45) is 0 Å². The third-order valence-corrected chi connectivity index (χ3v) is 2.55. The fourth-order valence-corrected chi connectivity index (χ4v) is 1.48. The number of aliphatic hydroxyl groups is 1. The Labute approximate surface area is 94.9 Å². The lowest BCUT2D eigenvalue weighted by Gasteiger charge is -2.10. The van der Waals surface area contributed by atoms with Gasteiger partial charge in [0, 0.05) is 0 Å². The van der Waals surface area contributed by atoms with Gasteiger partial charge in [-0.1, -0.05) is 51.8 Å². The van der Waals surface area contributed by atoms with E-state index in [1.54, 1.807) is 0 Å². The third kappa shape index (κ3) is 8.44. The SMILES string of the molecule is C=C(C/C=C/CCCCC)C(O)CCC. The number of hydrogen-bond donors (Lipinski definition) is 1. The molecule has 0 saturated heterocycles. The van der Waals surface area contributed by atoms with Gasteiger partial charge in [-0.3, -0.25) is 0 Å².